The highest BCUT2D eigenvalue weighted by Gasteiger charge is 2.10. The largest absolute Gasteiger partial charge is 0.345 e. The number of nitrogens with one attached hydrogen (secondary N) is 1. The van der Waals surface area contributed by atoms with Crippen LogP contribution in [-0.4, -0.2) is 0 Å². The molecule has 0 saturated heterocycles. The number of anilines is 1. The van der Waals surface area contributed by atoms with Gasteiger partial charge in [0, 0.05) is 10.2 Å². The molecule has 0 heterocycles. The van der Waals surface area contributed by atoms with Gasteiger partial charge in [-0.15, -0.1) is 0 Å². The summed E-state index contributed by atoms with van der Waals surface area (Å²) < 4.78 is 0.936. The van der Waals surface area contributed by atoms with E-state index in [1.807, 2.05) is 32.0 Å². The molecule has 0 bridgehead atoms. The predicted octanol–water partition coefficient (Wildman–Crippen LogP) is 3.30. The molecule has 0 radical (unpaired) electrons. The lowest BCUT2D eigenvalue weighted by Gasteiger charge is -2.12. The number of benzene rings is 1. The number of allylic oxidation sites excluding steroid dienone is 2. The first-order chi connectivity index (χ1) is 8.53. The molecule has 0 aliphatic carbocycles. The minimum absolute atomic E-state index is 0.0338. The van der Waals surface area contributed by atoms with E-state index in [0.29, 0.717) is 0 Å². The predicted molar refractivity (Wildman–Crippen MR) is 71.1 cm³/mol. The van der Waals surface area contributed by atoms with Gasteiger partial charge in [0.05, 0.1) is 0 Å². The zero-order valence-corrected chi connectivity index (χ0v) is 11.5. The molecule has 1 aromatic carbocycles. The van der Waals surface area contributed by atoms with Gasteiger partial charge in [0.2, 0.25) is 0 Å². The van der Waals surface area contributed by atoms with Crippen molar-refractivity contribution in [2.75, 3.05) is 5.32 Å². The number of nitrogens with zero attached hydrogens (tertiary/aromatic N) is 3. The molecular formula is C13H9BrN4. The third-order valence-corrected chi connectivity index (χ3v) is 2.79. The lowest BCUT2D eigenvalue weighted by Crippen LogP contribution is -2.04. The second kappa shape index (κ2) is 5.87. The van der Waals surface area contributed by atoms with Crippen LogP contribution in [0.5, 0.6) is 0 Å². The maximum Gasteiger partial charge on any atom is 0.163 e. The summed E-state index contributed by atoms with van der Waals surface area (Å²) >= 11 is 3.38. The van der Waals surface area contributed by atoms with Crippen molar-refractivity contribution in [2.45, 2.75) is 13.8 Å². The summed E-state index contributed by atoms with van der Waals surface area (Å²) in [5, 5.41) is 29.3. The highest BCUT2D eigenvalue weighted by Crippen LogP contribution is 2.26. The highest BCUT2D eigenvalue weighted by atomic mass is 79.9. The van der Waals surface area contributed by atoms with E-state index in [1.165, 1.54) is 0 Å². The Balaban J connectivity index is 3.30. The molecule has 5 heteroatoms. The molecule has 1 rings (SSSR count). The standard InChI is InChI=1S/C13H9BrN4/c1-8-3-11(14)4-9(2)13(8)18-12(7-17)10(5-15)6-16/h3-4,18H,1-2H3. The fraction of sp³-hybridized carbons (Fsp3) is 0.154. The first kappa shape index (κ1) is 13.8. The lowest BCUT2D eigenvalue weighted by molar-refractivity contribution is 1.30. The molecule has 88 valence electrons. The van der Waals surface area contributed by atoms with Crippen LogP contribution in [0, 0.1) is 47.8 Å². The summed E-state index contributed by atoms with van der Waals surface area (Å²) in [6.07, 6.45) is 0. The first-order valence-electron chi connectivity index (χ1n) is 5.01. The van der Waals surface area contributed by atoms with Gasteiger partial charge in [0.1, 0.15) is 23.9 Å². The van der Waals surface area contributed by atoms with Crippen molar-refractivity contribution in [1.82, 2.24) is 0 Å². The van der Waals surface area contributed by atoms with E-state index in [0.717, 1.165) is 21.3 Å². The van der Waals surface area contributed by atoms with Gasteiger partial charge < -0.3 is 5.32 Å². The molecule has 0 amide bonds. The SMILES string of the molecule is Cc1cc(Br)cc(C)c1NC(C#N)=C(C#N)C#N. The van der Waals surface area contributed by atoms with Crippen LogP contribution in [0.1, 0.15) is 11.1 Å². The zero-order valence-electron chi connectivity index (χ0n) is 9.87. The zero-order chi connectivity index (χ0) is 13.7. The van der Waals surface area contributed by atoms with Gasteiger partial charge >= 0.3 is 0 Å². The molecule has 0 aliphatic heterocycles. The number of aryl methyl sites for hydroxylation is 2. The normalized spacial score (nSPS) is 8.67. The Morgan fingerprint density at radius 1 is 1.06 bits per heavy atom. The number of nitriles is 3. The summed E-state index contributed by atoms with van der Waals surface area (Å²) in [6.45, 7) is 3.76. The van der Waals surface area contributed by atoms with Gasteiger partial charge in [0.15, 0.2) is 5.57 Å². The fourth-order valence-corrected chi connectivity index (χ4v) is 2.20. The van der Waals surface area contributed by atoms with Crippen LogP contribution < -0.4 is 5.32 Å². The fourth-order valence-electron chi connectivity index (χ4n) is 1.52. The van der Waals surface area contributed by atoms with Crippen LogP contribution in [0.2, 0.25) is 0 Å². The van der Waals surface area contributed by atoms with E-state index >= 15 is 0 Å². The van der Waals surface area contributed by atoms with Crippen LogP contribution >= 0.6 is 15.9 Å². The Morgan fingerprint density at radius 2 is 1.56 bits per heavy atom. The monoisotopic (exact) mass is 300 g/mol. The van der Waals surface area contributed by atoms with Gasteiger partial charge in [-0.3, -0.25) is 0 Å². The summed E-state index contributed by atoms with van der Waals surface area (Å²) in [6, 6.07) is 9.01. The van der Waals surface area contributed by atoms with Crippen molar-refractivity contribution < 1.29 is 0 Å². The van der Waals surface area contributed by atoms with E-state index < -0.39 is 0 Å². The summed E-state index contributed by atoms with van der Waals surface area (Å²) in [5.41, 5.74) is 2.32. The van der Waals surface area contributed by atoms with Crippen molar-refractivity contribution in [2.24, 2.45) is 0 Å². The number of hydrogen-bond acceptors (Lipinski definition) is 4. The Bertz CT molecular complexity index is 599. The van der Waals surface area contributed by atoms with Gasteiger partial charge in [-0.05, 0) is 37.1 Å². The van der Waals surface area contributed by atoms with Gasteiger partial charge in [-0.2, -0.15) is 15.8 Å². The van der Waals surface area contributed by atoms with Crippen LogP contribution in [0.3, 0.4) is 0 Å². The minimum atomic E-state index is -0.223. The molecule has 18 heavy (non-hydrogen) atoms. The molecule has 0 atom stereocenters. The quantitative estimate of drug-likeness (QED) is 0.849. The first-order valence-corrected chi connectivity index (χ1v) is 5.81. The number of rotatable bonds is 2. The van der Waals surface area contributed by atoms with Crippen molar-refractivity contribution in [3.05, 3.63) is 39.0 Å². The second-order valence-electron chi connectivity index (χ2n) is 3.62. The van der Waals surface area contributed by atoms with Crippen molar-refractivity contribution >= 4 is 21.6 Å². The molecule has 0 aromatic heterocycles. The molecular weight excluding hydrogens is 292 g/mol. The Morgan fingerprint density at radius 3 is 1.94 bits per heavy atom. The summed E-state index contributed by atoms with van der Waals surface area (Å²) in [5.74, 6) is 0. The Hall–Kier alpha value is -2.29. The minimum Gasteiger partial charge on any atom is -0.345 e. The van der Waals surface area contributed by atoms with Crippen LogP contribution in [-0.2, 0) is 0 Å². The lowest BCUT2D eigenvalue weighted by atomic mass is 10.1. The van der Waals surface area contributed by atoms with Crippen molar-refractivity contribution in [3.63, 3.8) is 0 Å². The Labute approximate surface area is 114 Å². The third-order valence-electron chi connectivity index (χ3n) is 2.33. The molecule has 0 spiro atoms. The van der Waals surface area contributed by atoms with E-state index in [2.05, 4.69) is 21.2 Å². The average molecular weight is 301 g/mol. The van der Waals surface area contributed by atoms with E-state index in [1.54, 1.807) is 12.1 Å². The topological polar surface area (TPSA) is 83.4 Å². The van der Waals surface area contributed by atoms with Gasteiger partial charge in [-0.25, -0.2) is 0 Å². The molecule has 0 fully saturated rings. The molecule has 1 N–H and O–H groups in total. The third kappa shape index (κ3) is 2.88. The molecule has 0 unspecified atom stereocenters. The van der Waals surface area contributed by atoms with Gasteiger partial charge in [0.25, 0.3) is 0 Å². The van der Waals surface area contributed by atoms with E-state index in [4.69, 9.17) is 15.8 Å². The average Bonchev–Trinajstić information content (AvgIpc) is 2.32. The molecule has 0 saturated carbocycles. The van der Waals surface area contributed by atoms with Crippen molar-refractivity contribution in [3.8, 4) is 18.2 Å². The second-order valence-corrected chi connectivity index (χ2v) is 4.54. The smallest absolute Gasteiger partial charge is 0.163 e. The maximum absolute atomic E-state index is 8.97. The molecule has 0 aliphatic rings. The van der Waals surface area contributed by atoms with Gasteiger partial charge in [-0.1, -0.05) is 15.9 Å². The number of halogens is 1. The molecule has 1 aromatic rings. The van der Waals surface area contributed by atoms with Crippen molar-refractivity contribution in [1.29, 1.82) is 15.8 Å². The van der Waals surface area contributed by atoms with E-state index in [9.17, 15) is 0 Å². The van der Waals surface area contributed by atoms with Crippen LogP contribution in [0.25, 0.3) is 0 Å². The molecule has 4 nitrogen and oxygen atoms in total. The van der Waals surface area contributed by atoms with Crippen LogP contribution in [0.15, 0.2) is 27.9 Å². The van der Waals surface area contributed by atoms with Crippen LogP contribution in [0.4, 0.5) is 5.69 Å². The summed E-state index contributed by atoms with van der Waals surface area (Å²) in [7, 11) is 0. The maximum atomic E-state index is 8.97. The number of hydrogen-bond donors (Lipinski definition) is 1. The van der Waals surface area contributed by atoms with E-state index in [-0.39, 0.29) is 11.3 Å². The summed E-state index contributed by atoms with van der Waals surface area (Å²) in [4.78, 5) is 0. The Kier molecular flexibility index (Phi) is 4.49. The highest BCUT2D eigenvalue weighted by molar-refractivity contribution is 9.10.